The molecule has 2 aliphatic carbocycles. The molecule has 0 radical (unpaired) electrons. The van der Waals surface area contributed by atoms with Crippen molar-refractivity contribution in [1.82, 2.24) is 0 Å². The van der Waals surface area contributed by atoms with Gasteiger partial charge in [-0.25, -0.2) is 0 Å². The second-order valence-corrected chi connectivity index (χ2v) is 5.07. The monoisotopic (exact) mass is 239 g/mol. The van der Waals surface area contributed by atoms with E-state index in [0.29, 0.717) is 12.1 Å². The number of nitrogens with zero attached hydrogens (tertiary/aromatic N) is 1. The van der Waals surface area contributed by atoms with Crippen molar-refractivity contribution in [3.05, 3.63) is 4.91 Å². The molecular weight excluding hydrogens is 225 g/mol. The van der Waals surface area contributed by atoms with Gasteiger partial charge in [0.2, 0.25) is 12.1 Å². The highest BCUT2D eigenvalue weighted by atomic mass is 19.5. The first-order valence-electron chi connectivity index (χ1n) is 5.65. The van der Waals surface area contributed by atoms with Gasteiger partial charge in [-0.05, 0) is 18.3 Å². The van der Waals surface area contributed by atoms with E-state index in [0.717, 1.165) is 11.8 Å². The fraction of sp³-hybridized carbons (Fsp3) is 1.00. The van der Waals surface area contributed by atoms with Crippen LogP contribution in [0.3, 0.4) is 0 Å². The molecule has 4 fully saturated rings. The van der Waals surface area contributed by atoms with Gasteiger partial charge in [0.25, 0.3) is 0 Å². The van der Waals surface area contributed by atoms with Gasteiger partial charge in [0, 0.05) is 35.4 Å². The Bertz CT molecular complexity index is 258. The molecule has 0 atom stereocenters. The van der Waals surface area contributed by atoms with Crippen LogP contribution < -0.4 is 0 Å². The normalized spacial score (nSPS) is 40.6. The van der Waals surface area contributed by atoms with E-state index in [1.807, 2.05) is 0 Å². The second-order valence-electron chi connectivity index (χ2n) is 5.07. The molecule has 16 heavy (non-hydrogen) atoms. The van der Waals surface area contributed by atoms with E-state index < -0.39 is 7.25 Å². The lowest BCUT2D eigenvalue weighted by Crippen LogP contribution is -2.52. The Kier molecular flexibility index (Phi) is 2.96. The lowest BCUT2D eigenvalue weighted by Gasteiger charge is -2.42. The maximum atomic E-state index is 11.5. The van der Waals surface area contributed by atoms with Crippen molar-refractivity contribution >= 4 is 7.25 Å². The topological polar surface area (TPSA) is 20.1 Å². The molecule has 0 N–H and O–H groups in total. The lowest BCUT2D eigenvalue weighted by molar-refractivity contribution is -0.653. The van der Waals surface area contributed by atoms with Crippen LogP contribution in [0.25, 0.3) is 0 Å². The largest absolute Gasteiger partial charge is 0.673 e. The number of piperidine rings is 2. The third-order valence-corrected chi connectivity index (χ3v) is 3.81. The molecule has 2 nitrogen and oxygen atoms in total. The zero-order chi connectivity index (χ0) is 11.9. The molecule has 7 heteroatoms. The van der Waals surface area contributed by atoms with Gasteiger partial charge < -0.3 is 17.3 Å². The van der Waals surface area contributed by atoms with E-state index in [-0.39, 0.29) is 0 Å². The van der Waals surface area contributed by atoms with E-state index in [9.17, 15) is 22.2 Å². The summed E-state index contributed by atoms with van der Waals surface area (Å²) in [5, 5.41) is 0. The van der Waals surface area contributed by atoms with E-state index >= 15 is 0 Å². The van der Waals surface area contributed by atoms with Crippen molar-refractivity contribution in [3.8, 4) is 0 Å². The van der Waals surface area contributed by atoms with Crippen molar-refractivity contribution in [1.29, 1.82) is 0 Å². The minimum atomic E-state index is -6.00. The first-order chi connectivity index (χ1) is 7.33. The molecule has 92 valence electrons. The summed E-state index contributed by atoms with van der Waals surface area (Å²) in [5.41, 5.74) is 0. The van der Waals surface area contributed by atoms with Crippen LogP contribution >= 0.6 is 0 Å². The first-order valence-corrected chi connectivity index (χ1v) is 5.65. The van der Waals surface area contributed by atoms with Crippen LogP contribution in [0.1, 0.15) is 32.1 Å². The molecule has 0 unspecified atom stereocenters. The first kappa shape index (κ1) is 11.9. The molecule has 2 aliphatic heterocycles. The molecule has 0 aromatic carbocycles. The van der Waals surface area contributed by atoms with Crippen LogP contribution in [0.15, 0.2) is 0 Å². The van der Waals surface area contributed by atoms with Crippen molar-refractivity contribution in [2.75, 3.05) is 0 Å². The van der Waals surface area contributed by atoms with Gasteiger partial charge in [0.05, 0.1) is 0 Å². The van der Waals surface area contributed by atoms with Crippen LogP contribution in [-0.4, -0.2) is 24.1 Å². The highest BCUT2D eigenvalue weighted by molar-refractivity contribution is 6.50. The molecule has 0 aromatic heterocycles. The van der Waals surface area contributed by atoms with Gasteiger partial charge in [-0.2, -0.15) is 0 Å². The Morgan fingerprint density at radius 2 is 1.12 bits per heavy atom. The molecule has 0 aromatic rings. The predicted molar refractivity (Wildman–Crippen MR) is 51.5 cm³/mol. The quantitative estimate of drug-likeness (QED) is 0.361. The smallest absolute Gasteiger partial charge is 0.418 e. The number of hydrogen-bond donors (Lipinski definition) is 0. The third-order valence-electron chi connectivity index (χ3n) is 3.81. The van der Waals surface area contributed by atoms with Gasteiger partial charge in [-0.1, -0.05) is 0 Å². The summed E-state index contributed by atoms with van der Waals surface area (Å²) >= 11 is 0. The molecule has 2 saturated heterocycles. The Hall–Kier alpha value is -0.615. The Morgan fingerprint density at radius 1 is 0.812 bits per heavy atom. The molecule has 2 heterocycles. The number of halogens is 4. The summed E-state index contributed by atoms with van der Waals surface area (Å²) in [4.78, 5) is 11.5. The van der Waals surface area contributed by atoms with Crippen molar-refractivity contribution < 1.29 is 22.0 Å². The van der Waals surface area contributed by atoms with E-state index in [1.165, 1.54) is 36.9 Å². The summed E-state index contributed by atoms with van der Waals surface area (Å²) in [7, 11) is -6.00. The number of hydrogen-bond acceptors (Lipinski definition) is 1. The van der Waals surface area contributed by atoms with Crippen LogP contribution in [0, 0.1) is 16.7 Å². The molecular formula is C9H14BF4NO. The average Bonchev–Trinajstić information content (AvgIpc) is 2.09. The van der Waals surface area contributed by atoms with Gasteiger partial charge >= 0.3 is 7.25 Å². The summed E-state index contributed by atoms with van der Waals surface area (Å²) < 4.78 is 40.4. The molecule has 2 saturated carbocycles. The van der Waals surface area contributed by atoms with Crippen LogP contribution in [-0.2, 0) is 0 Å². The maximum absolute atomic E-state index is 11.5. The van der Waals surface area contributed by atoms with Gasteiger partial charge in [-0.15, -0.1) is 0 Å². The highest BCUT2D eigenvalue weighted by Gasteiger charge is 2.53. The van der Waals surface area contributed by atoms with Gasteiger partial charge in [-0.3, -0.25) is 0 Å². The van der Waals surface area contributed by atoms with E-state index in [2.05, 4.69) is 0 Å². The van der Waals surface area contributed by atoms with E-state index in [1.54, 1.807) is 0 Å². The minimum absolute atomic E-state index is 0.422. The Morgan fingerprint density at radius 3 is 1.44 bits per heavy atom. The van der Waals surface area contributed by atoms with Crippen molar-refractivity contribution in [3.63, 3.8) is 0 Å². The maximum Gasteiger partial charge on any atom is 0.673 e. The number of rotatable bonds is 0. The molecule has 0 spiro atoms. The van der Waals surface area contributed by atoms with Crippen LogP contribution in [0.4, 0.5) is 17.3 Å². The Balaban J connectivity index is 0.000000168. The SMILES string of the molecule is F[B-](F)(F)F.O=[N+]1C2CC3CC(C2)CC1C3. The third kappa shape index (κ3) is 2.74. The zero-order valence-corrected chi connectivity index (χ0v) is 8.79. The van der Waals surface area contributed by atoms with Gasteiger partial charge in [0.1, 0.15) is 0 Å². The van der Waals surface area contributed by atoms with Gasteiger partial charge in [0.15, 0.2) is 0 Å². The standard InChI is InChI=1S/C9H14NO.BF4/c11-10-8-2-6-1-7(4-8)5-9(10)3-6;2-1(3,4)5/h6-9H,1-5H2;/q+1;-1. The summed E-state index contributed by atoms with van der Waals surface area (Å²) in [6.07, 6.45) is 6.25. The summed E-state index contributed by atoms with van der Waals surface area (Å²) in [6, 6.07) is 0.845. The van der Waals surface area contributed by atoms with Crippen LogP contribution in [0.5, 0.6) is 0 Å². The average molecular weight is 239 g/mol. The molecule has 4 aliphatic rings. The predicted octanol–water partition coefficient (Wildman–Crippen LogP) is 3.03. The minimum Gasteiger partial charge on any atom is -0.418 e. The molecule has 4 rings (SSSR count). The summed E-state index contributed by atoms with van der Waals surface area (Å²) in [5.74, 6) is 1.84. The number of nitroso groups, excluding NO2 is 1. The molecule has 0 amide bonds. The highest BCUT2D eigenvalue weighted by Crippen LogP contribution is 2.46. The fourth-order valence-corrected chi connectivity index (χ4v) is 3.49. The van der Waals surface area contributed by atoms with Crippen molar-refractivity contribution in [2.24, 2.45) is 11.8 Å². The van der Waals surface area contributed by atoms with Crippen molar-refractivity contribution in [2.45, 2.75) is 44.2 Å². The lowest BCUT2D eigenvalue weighted by atomic mass is 9.65. The zero-order valence-electron chi connectivity index (χ0n) is 8.79. The van der Waals surface area contributed by atoms with E-state index in [4.69, 9.17) is 0 Å². The van der Waals surface area contributed by atoms with Crippen LogP contribution in [0.2, 0.25) is 0 Å². The Labute approximate surface area is 91.1 Å². The summed E-state index contributed by atoms with van der Waals surface area (Å²) in [6.45, 7) is 0. The molecule has 4 bridgehead atoms. The second kappa shape index (κ2) is 4.00. The fourth-order valence-electron chi connectivity index (χ4n) is 3.49.